The zero-order valence-corrected chi connectivity index (χ0v) is 14.0. The average Bonchev–Trinajstić information content (AvgIpc) is 2.60. The maximum atomic E-state index is 12.4. The molecule has 1 aromatic carbocycles. The fourth-order valence-electron chi connectivity index (χ4n) is 2.66. The minimum absolute atomic E-state index is 0.0715. The number of anilines is 1. The van der Waals surface area contributed by atoms with E-state index in [-0.39, 0.29) is 18.2 Å². The number of nitrogens with zero attached hydrogens (tertiary/aromatic N) is 2. The number of amides is 1. The van der Waals surface area contributed by atoms with E-state index < -0.39 is 10.0 Å². The highest BCUT2D eigenvalue weighted by molar-refractivity contribution is 7.90. The van der Waals surface area contributed by atoms with Gasteiger partial charge < -0.3 is 19.7 Å². The highest BCUT2D eigenvalue weighted by atomic mass is 32.2. The smallest absolute Gasteiger partial charge is 0.257 e. The van der Waals surface area contributed by atoms with Gasteiger partial charge in [-0.3, -0.25) is 4.79 Å². The van der Waals surface area contributed by atoms with E-state index in [0.717, 1.165) is 0 Å². The molecule has 3 heterocycles. The highest BCUT2D eigenvalue weighted by Crippen LogP contribution is 2.32. The molecule has 1 N–H and O–H groups in total. The molecule has 0 unspecified atom stereocenters. The summed E-state index contributed by atoms with van der Waals surface area (Å²) in [6.07, 6.45) is 4.67. The van der Waals surface area contributed by atoms with Gasteiger partial charge in [-0.2, -0.15) is 0 Å². The maximum absolute atomic E-state index is 12.4. The van der Waals surface area contributed by atoms with Gasteiger partial charge in [-0.05, 0) is 24.3 Å². The van der Waals surface area contributed by atoms with Gasteiger partial charge in [-0.25, -0.2) is 8.42 Å². The normalized spacial score (nSPS) is 20.2. The predicted molar refractivity (Wildman–Crippen MR) is 91.2 cm³/mol. The summed E-state index contributed by atoms with van der Waals surface area (Å²) in [6, 6.07) is 5.19. The van der Waals surface area contributed by atoms with E-state index in [1.807, 2.05) is 0 Å². The Morgan fingerprint density at radius 3 is 2.80 bits per heavy atom. The first-order valence-electron chi connectivity index (χ1n) is 7.70. The Morgan fingerprint density at radius 1 is 1.16 bits per heavy atom. The van der Waals surface area contributed by atoms with Crippen LogP contribution in [-0.2, 0) is 14.8 Å². The first-order chi connectivity index (χ1) is 12.0. The summed E-state index contributed by atoms with van der Waals surface area (Å²) in [5, 5.41) is 2.79. The molecule has 1 amide bonds. The van der Waals surface area contributed by atoms with Crippen molar-refractivity contribution in [3.8, 4) is 11.5 Å². The van der Waals surface area contributed by atoms with Gasteiger partial charge in [0.15, 0.2) is 11.5 Å². The van der Waals surface area contributed by atoms with E-state index in [4.69, 9.17) is 9.47 Å². The number of hydrogen-bond acceptors (Lipinski definition) is 6. The van der Waals surface area contributed by atoms with Crippen LogP contribution in [0.1, 0.15) is 0 Å². The van der Waals surface area contributed by atoms with Crippen LogP contribution in [0.5, 0.6) is 11.5 Å². The SMILES string of the molecule is O=C(Nc1ccc2c(c1)OCCO2)C1=CN2CCS(=O)(=O)N=C2C=C1. The molecule has 0 radical (unpaired) electrons. The van der Waals surface area contributed by atoms with Crippen molar-refractivity contribution in [2.24, 2.45) is 4.40 Å². The number of rotatable bonds is 2. The van der Waals surface area contributed by atoms with Crippen LogP contribution in [0.25, 0.3) is 0 Å². The maximum Gasteiger partial charge on any atom is 0.257 e. The lowest BCUT2D eigenvalue weighted by atomic mass is 10.1. The van der Waals surface area contributed by atoms with Crippen LogP contribution in [0, 0.1) is 0 Å². The van der Waals surface area contributed by atoms with E-state index in [9.17, 15) is 13.2 Å². The van der Waals surface area contributed by atoms with Crippen molar-refractivity contribution in [2.75, 3.05) is 30.8 Å². The number of benzene rings is 1. The van der Waals surface area contributed by atoms with Crippen molar-refractivity contribution < 1.29 is 22.7 Å². The Morgan fingerprint density at radius 2 is 1.96 bits per heavy atom. The van der Waals surface area contributed by atoms with Gasteiger partial charge in [0.25, 0.3) is 15.9 Å². The third kappa shape index (κ3) is 3.22. The number of carbonyl (C=O) groups excluding carboxylic acids is 1. The third-order valence-electron chi connectivity index (χ3n) is 3.89. The van der Waals surface area contributed by atoms with Gasteiger partial charge in [0.05, 0.1) is 11.3 Å². The number of hydrogen-bond donors (Lipinski definition) is 1. The van der Waals surface area contributed by atoms with Crippen LogP contribution in [-0.4, -0.2) is 50.6 Å². The molecule has 130 valence electrons. The molecular formula is C16H15N3O5S. The number of carbonyl (C=O) groups is 1. The lowest BCUT2D eigenvalue weighted by Crippen LogP contribution is -2.37. The van der Waals surface area contributed by atoms with E-state index >= 15 is 0 Å². The fraction of sp³-hybridized carbons (Fsp3) is 0.250. The lowest BCUT2D eigenvalue weighted by Gasteiger charge is -2.27. The molecule has 9 heteroatoms. The molecule has 0 saturated heterocycles. The topological polar surface area (TPSA) is 97.3 Å². The third-order valence-corrected chi connectivity index (χ3v) is 5.05. The average molecular weight is 361 g/mol. The Kier molecular flexibility index (Phi) is 3.72. The largest absolute Gasteiger partial charge is 0.486 e. The molecule has 8 nitrogen and oxygen atoms in total. The van der Waals surface area contributed by atoms with Crippen molar-refractivity contribution in [2.45, 2.75) is 0 Å². The molecule has 0 atom stereocenters. The van der Waals surface area contributed by atoms with Crippen LogP contribution in [0.4, 0.5) is 5.69 Å². The van der Waals surface area contributed by atoms with Crippen LogP contribution in [0.15, 0.2) is 46.5 Å². The summed E-state index contributed by atoms with van der Waals surface area (Å²) < 4.78 is 37.6. The molecule has 0 spiro atoms. The summed E-state index contributed by atoms with van der Waals surface area (Å²) in [6.45, 7) is 1.25. The number of fused-ring (bicyclic) bond motifs is 2. The second-order valence-electron chi connectivity index (χ2n) is 5.66. The second-order valence-corrected chi connectivity index (χ2v) is 7.41. The minimum atomic E-state index is -3.41. The molecule has 0 saturated carbocycles. The second kappa shape index (κ2) is 5.92. The zero-order chi connectivity index (χ0) is 17.4. The van der Waals surface area contributed by atoms with Crippen LogP contribution in [0.3, 0.4) is 0 Å². The molecule has 25 heavy (non-hydrogen) atoms. The van der Waals surface area contributed by atoms with Crippen LogP contribution in [0.2, 0.25) is 0 Å². The molecule has 4 rings (SSSR count). The summed E-state index contributed by atoms with van der Waals surface area (Å²) in [5.41, 5.74) is 0.998. The van der Waals surface area contributed by atoms with Crippen molar-refractivity contribution in [3.05, 3.63) is 42.1 Å². The number of amidine groups is 1. The first-order valence-corrected chi connectivity index (χ1v) is 9.31. The van der Waals surface area contributed by atoms with E-state index in [0.29, 0.717) is 41.8 Å². The Bertz CT molecular complexity index is 933. The fourth-order valence-corrected chi connectivity index (χ4v) is 3.63. The van der Waals surface area contributed by atoms with Crippen molar-refractivity contribution >= 4 is 27.5 Å². The quantitative estimate of drug-likeness (QED) is 0.840. The van der Waals surface area contributed by atoms with E-state index in [1.54, 1.807) is 35.4 Å². The van der Waals surface area contributed by atoms with Crippen LogP contribution < -0.4 is 14.8 Å². The van der Waals surface area contributed by atoms with Crippen molar-refractivity contribution in [1.29, 1.82) is 0 Å². The molecule has 3 aliphatic rings. The zero-order valence-electron chi connectivity index (χ0n) is 13.1. The lowest BCUT2D eigenvalue weighted by molar-refractivity contribution is -0.112. The van der Waals surface area contributed by atoms with E-state index in [2.05, 4.69) is 9.71 Å². The first kappa shape index (κ1) is 15.7. The monoisotopic (exact) mass is 361 g/mol. The van der Waals surface area contributed by atoms with Crippen molar-refractivity contribution in [3.63, 3.8) is 0 Å². The minimum Gasteiger partial charge on any atom is -0.486 e. The van der Waals surface area contributed by atoms with Gasteiger partial charge in [0.2, 0.25) is 0 Å². The van der Waals surface area contributed by atoms with Gasteiger partial charge in [0, 0.05) is 24.5 Å². The molecule has 0 bridgehead atoms. The summed E-state index contributed by atoms with van der Waals surface area (Å²) >= 11 is 0. The summed E-state index contributed by atoms with van der Waals surface area (Å²) in [5.74, 6) is 1.18. The summed E-state index contributed by atoms with van der Waals surface area (Å²) in [7, 11) is -3.41. The van der Waals surface area contributed by atoms with Crippen LogP contribution >= 0.6 is 0 Å². The summed E-state index contributed by atoms with van der Waals surface area (Å²) in [4.78, 5) is 14.1. The Hall–Kier alpha value is -2.81. The molecule has 3 aliphatic heterocycles. The van der Waals surface area contributed by atoms with Gasteiger partial charge >= 0.3 is 0 Å². The molecule has 0 fully saturated rings. The predicted octanol–water partition coefficient (Wildman–Crippen LogP) is 0.894. The van der Waals surface area contributed by atoms with Gasteiger partial charge in [-0.1, -0.05) is 0 Å². The molecule has 1 aromatic rings. The Balaban J connectivity index is 1.51. The molecular weight excluding hydrogens is 346 g/mol. The van der Waals surface area contributed by atoms with Gasteiger partial charge in [-0.15, -0.1) is 4.40 Å². The molecule has 0 aromatic heterocycles. The Labute approximate surface area is 144 Å². The molecule has 0 aliphatic carbocycles. The van der Waals surface area contributed by atoms with E-state index in [1.165, 1.54) is 6.08 Å². The standard InChI is InChI=1S/C16H15N3O5S/c20-16(17-12-2-3-13-14(9-12)24-7-6-23-13)11-1-4-15-18-25(21,22)8-5-19(15)10-11/h1-4,9-10H,5-8H2,(H,17,20). The number of ether oxygens (including phenoxy) is 2. The van der Waals surface area contributed by atoms with Crippen molar-refractivity contribution in [1.82, 2.24) is 4.90 Å². The highest BCUT2D eigenvalue weighted by Gasteiger charge is 2.25. The number of sulfonamides is 1. The number of nitrogens with one attached hydrogen (secondary N) is 1. The van der Waals surface area contributed by atoms with Gasteiger partial charge in [0.1, 0.15) is 19.0 Å².